The summed E-state index contributed by atoms with van der Waals surface area (Å²) in [6.45, 7) is 8.60. The molecule has 2 N–H and O–H groups in total. The average Bonchev–Trinajstić information content (AvgIpc) is 2.76. The first-order valence-electron chi connectivity index (χ1n) is 12.3. The predicted molar refractivity (Wildman–Crippen MR) is 134 cm³/mol. The fourth-order valence-electron chi connectivity index (χ4n) is 4.84. The van der Waals surface area contributed by atoms with Gasteiger partial charge in [-0.25, -0.2) is 0 Å². The van der Waals surface area contributed by atoms with E-state index in [-0.39, 0.29) is 6.42 Å². The molecule has 0 aliphatic heterocycles. The summed E-state index contributed by atoms with van der Waals surface area (Å²) >= 11 is 0. The summed E-state index contributed by atoms with van der Waals surface area (Å²) in [7, 11) is 0. The van der Waals surface area contributed by atoms with E-state index in [9.17, 15) is 14.7 Å². The highest BCUT2D eigenvalue weighted by Gasteiger charge is 2.39. The van der Waals surface area contributed by atoms with E-state index in [1.54, 1.807) is 0 Å². The monoisotopic (exact) mass is 452 g/mol. The van der Waals surface area contributed by atoms with Crippen molar-refractivity contribution in [2.75, 3.05) is 0 Å². The summed E-state index contributed by atoms with van der Waals surface area (Å²) in [5, 5.41) is 19.5. The normalized spacial score (nSPS) is 11.8. The maximum Gasteiger partial charge on any atom is 0.310 e. The van der Waals surface area contributed by atoms with Gasteiger partial charge in [0.2, 0.25) is 0 Å². The van der Waals surface area contributed by atoms with Gasteiger partial charge in [0, 0.05) is 6.42 Å². The lowest BCUT2D eigenvalue weighted by molar-refractivity contribution is -0.149. The van der Waals surface area contributed by atoms with E-state index < -0.39 is 17.4 Å². The molecule has 0 aliphatic rings. The van der Waals surface area contributed by atoms with Crippen molar-refractivity contribution in [1.29, 1.82) is 0 Å². The van der Waals surface area contributed by atoms with Gasteiger partial charge in [-0.2, -0.15) is 0 Å². The van der Waals surface area contributed by atoms with Crippen molar-refractivity contribution in [2.24, 2.45) is 5.41 Å². The molecule has 2 aromatic carbocycles. The highest BCUT2D eigenvalue weighted by atomic mass is 16.4. The van der Waals surface area contributed by atoms with Crippen LogP contribution in [0, 0.1) is 5.41 Å². The molecular weight excluding hydrogens is 412 g/mol. The first-order valence-corrected chi connectivity index (χ1v) is 12.3. The predicted octanol–water partition coefficient (Wildman–Crippen LogP) is 7.21. The zero-order valence-corrected chi connectivity index (χ0v) is 20.6. The number of rotatable bonds is 14. The SMILES string of the molecule is CC(C)c1ccccc1CC(CCCCCCC(=O)O)(Cc1ccccc1C(C)C)C(=O)O. The van der Waals surface area contributed by atoms with Crippen LogP contribution < -0.4 is 0 Å². The largest absolute Gasteiger partial charge is 0.481 e. The van der Waals surface area contributed by atoms with Gasteiger partial charge in [-0.05, 0) is 59.8 Å². The molecule has 0 radical (unpaired) electrons. The Labute approximate surface area is 199 Å². The molecular formula is C29H40O4. The molecule has 0 heterocycles. The molecule has 0 aliphatic carbocycles. The molecule has 0 bridgehead atoms. The van der Waals surface area contributed by atoms with Crippen molar-refractivity contribution in [1.82, 2.24) is 0 Å². The van der Waals surface area contributed by atoms with Crippen molar-refractivity contribution in [3.8, 4) is 0 Å². The lowest BCUT2D eigenvalue weighted by Crippen LogP contribution is -2.36. The second kappa shape index (κ2) is 12.6. The average molecular weight is 453 g/mol. The van der Waals surface area contributed by atoms with Crippen molar-refractivity contribution in [3.05, 3.63) is 70.8 Å². The Bertz CT molecular complexity index is 860. The number of hydrogen-bond acceptors (Lipinski definition) is 2. The summed E-state index contributed by atoms with van der Waals surface area (Å²) in [5.74, 6) is -0.867. The van der Waals surface area contributed by atoms with Gasteiger partial charge >= 0.3 is 11.9 Å². The van der Waals surface area contributed by atoms with Crippen molar-refractivity contribution in [2.45, 2.75) is 90.9 Å². The van der Waals surface area contributed by atoms with Crippen LogP contribution in [0.3, 0.4) is 0 Å². The van der Waals surface area contributed by atoms with Crippen molar-refractivity contribution < 1.29 is 19.8 Å². The first-order chi connectivity index (χ1) is 15.7. The summed E-state index contributed by atoms with van der Waals surface area (Å²) in [6, 6.07) is 16.4. The lowest BCUT2D eigenvalue weighted by Gasteiger charge is -2.32. The van der Waals surface area contributed by atoms with Crippen LogP contribution in [0.2, 0.25) is 0 Å². The third-order valence-electron chi connectivity index (χ3n) is 6.66. The fourth-order valence-corrected chi connectivity index (χ4v) is 4.84. The maximum atomic E-state index is 12.9. The van der Waals surface area contributed by atoms with E-state index in [2.05, 4.69) is 52.0 Å². The minimum absolute atomic E-state index is 0.174. The number of benzene rings is 2. The van der Waals surface area contributed by atoms with Gasteiger partial charge in [-0.3, -0.25) is 9.59 Å². The Kier molecular flexibility index (Phi) is 10.1. The van der Waals surface area contributed by atoms with Gasteiger partial charge < -0.3 is 10.2 Å². The zero-order chi connectivity index (χ0) is 24.4. The lowest BCUT2D eigenvalue weighted by atomic mass is 9.70. The number of carbonyl (C=O) groups is 2. The van der Waals surface area contributed by atoms with Crippen LogP contribution >= 0.6 is 0 Å². The Morgan fingerprint density at radius 3 is 1.61 bits per heavy atom. The summed E-state index contributed by atoms with van der Waals surface area (Å²) in [4.78, 5) is 23.7. The van der Waals surface area contributed by atoms with Crippen LogP contribution in [0.1, 0.15) is 100 Å². The van der Waals surface area contributed by atoms with Gasteiger partial charge in [-0.15, -0.1) is 0 Å². The molecule has 2 rings (SSSR count). The second-order valence-corrected chi connectivity index (χ2v) is 9.95. The van der Waals surface area contributed by atoms with Crippen LogP contribution in [-0.4, -0.2) is 22.2 Å². The van der Waals surface area contributed by atoms with Crippen LogP contribution in [0.15, 0.2) is 48.5 Å². The molecule has 4 heteroatoms. The van der Waals surface area contributed by atoms with Crippen molar-refractivity contribution >= 4 is 11.9 Å². The Balaban J connectivity index is 2.36. The standard InChI is InChI=1S/C29H40O4/c1-21(2)25-15-10-8-13-23(25)19-29(28(32)33,18-12-6-5-7-17-27(30)31)20-24-14-9-11-16-26(24)22(3)4/h8-11,13-16,21-22H,5-7,12,17-20H2,1-4H3,(H,30,31)(H,32,33). The molecule has 0 spiro atoms. The van der Waals surface area contributed by atoms with Gasteiger partial charge in [0.05, 0.1) is 5.41 Å². The van der Waals surface area contributed by atoms with E-state index in [4.69, 9.17) is 5.11 Å². The van der Waals surface area contributed by atoms with Gasteiger partial charge in [-0.1, -0.05) is 95.5 Å². The van der Waals surface area contributed by atoms with E-state index in [0.29, 0.717) is 37.5 Å². The number of carboxylic acid groups (broad SMARTS) is 2. The molecule has 0 atom stereocenters. The highest BCUT2D eigenvalue weighted by molar-refractivity contribution is 5.76. The molecule has 4 nitrogen and oxygen atoms in total. The molecule has 0 saturated carbocycles. The minimum atomic E-state index is -0.900. The van der Waals surface area contributed by atoms with Crippen LogP contribution in [-0.2, 0) is 22.4 Å². The Morgan fingerprint density at radius 1 is 0.727 bits per heavy atom. The molecule has 0 saturated heterocycles. The summed E-state index contributed by atoms with van der Waals surface area (Å²) in [5.41, 5.74) is 3.75. The third-order valence-corrected chi connectivity index (χ3v) is 6.66. The minimum Gasteiger partial charge on any atom is -0.481 e. The smallest absolute Gasteiger partial charge is 0.310 e. The first kappa shape index (κ1) is 26.6. The summed E-state index contributed by atoms with van der Waals surface area (Å²) in [6.07, 6.45) is 4.83. The fraction of sp³-hybridized carbons (Fsp3) is 0.517. The molecule has 33 heavy (non-hydrogen) atoms. The number of hydrogen-bond donors (Lipinski definition) is 2. The van der Waals surface area contributed by atoms with Gasteiger partial charge in [0.25, 0.3) is 0 Å². The van der Waals surface area contributed by atoms with E-state index in [1.165, 1.54) is 11.1 Å². The third kappa shape index (κ3) is 7.73. The van der Waals surface area contributed by atoms with Crippen LogP contribution in [0.4, 0.5) is 0 Å². The zero-order valence-electron chi connectivity index (χ0n) is 20.6. The number of unbranched alkanes of at least 4 members (excludes halogenated alkanes) is 3. The number of carboxylic acids is 2. The molecule has 0 amide bonds. The van der Waals surface area contributed by atoms with Crippen molar-refractivity contribution in [3.63, 3.8) is 0 Å². The topological polar surface area (TPSA) is 74.6 Å². The molecule has 0 unspecified atom stereocenters. The van der Waals surface area contributed by atoms with Crippen LogP contribution in [0.5, 0.6) is 0 Å². The van der Waals surface area contributed by atoms with E-state index in [1.807, 2.05) is 24.3 Å². The Morgan fingerprint density at radius 2 is 1.18 bits per heavy atom. The molecule has 0 fully saturated rings. The highest BCUT2D eigenvalue weighted by Crippen LogP contribution is 2.38. The van der Waals surface area contributed by atoms with E-state index >= 15 is 0 Å². The second-order valence-electron chi connectivity index (χ2n) is 9.95. The Hall–Kier alpha value is -2.62. The maximum absolute atomic E-state index is 12.9. The van der Waals surface area contributed by atoms with E-state index in [0.717, 1.165) is 30.4 Å². The summed E-state index contributed by atoms with van der Waals surface area (Å²) < 4.78 is 0. The molecule has 180 valence electrons. The van der Waals surface area contributed by atoms with Gasteiger partial charge in [0.1, 0.15) is 0 Å². The van der Waals surface area contributed by atoms with Gasteiger partial charge in [0.15, 0.2) is 0 Å². The number of aliphatic carboxylic acids is 2. The molecule has 0 aromatic heterocycles. The quantitative estimate of drug-likeness (QED) is 0.297. The van der Waals surface area contributed by atoms with Crippen LogP contribution in [0.25, 0.3) is 0 Å². The molecule has 2 aromatic rings.